The third kappa shape index (κ3) is 4.17. The van der Waals surface area contributed by atoms with Gasteiger partial charge in [0.05, 0.1) is 0 Å². The minimum Gasteiger partial charge on any atom is -0.134 e. The summed E-state index contributed by atoms with van der Waals surface area (Å²) in [6, 6.07) is 0. The monoisotopic (exact) mass is 207 g/mol. The van der Waals surface area contributed by atoms with Crippen LogP contribution in [0.3, 0.4) is 0 Å². The molecule has 1 saturated carbocycles. The lowest BCUT2D eigenvalue weighted by Gasteiger charge is -2.28. The highest BCUT2D eigenvalue weighted by Gasteiger charge is 2.37. The molecule has 0 aliphatic heterocycles. The van der Waals surface area contributed by atoms with Crippen LogP contribution in [0.2, 0.25) is 0 Å². The maximum absolute atomic E-state index is 8.70. The molecule has 0 radical (unpaired) electrons. The van der Waals surface area contributed by atoms with Gasteiger partial charge in [-0.15, -0.1) is 9.79 Å². The molecule has 0 aromatic carbocycles. The third-order valence-corrected chi connectivity index (χ3v) is 3.57. The molecule has 13 heavy (non-hydrogen) atoms. The van der Waals surface area contributed by atoms with Crippen molar-refractivity contribution in [2.45, 2.75) is 40.5 Å². The molecule has 4 heteroatoms. The first-order chi connectivity index (χ1) is 5.78. The molecular formula is C9H20O3P+. The van der Waals surface area contributed by atoms with Gasteiger partial charge in [-0.25, -0.2) is 0 Å². The topological polar surface area (TPSA) is 57.5 Å². The smallest absolute Gasteiger partial charge is 0.134 e. The van der Waals surface area contributed by atoms with Crippen LogP contribution in [0.1, 0.15) is 40.5 Å². The van der Waals surface area contributed by atoms with Gasteiger partial charge in [0.25, 0.3) is 0 Å². The predicted molar refractivity (Wildman–Crippen MR) is 53.4 cm³/mol. The molecule has 0 bridgehead atoms. The van der Waals surface area contributed by atoms with Crippen molar-refractivity contribution in [1.29, 1.82) is 0 Å². The van der Waals surface area contributed by atoms with Crippen molar-refractivity contribution in [3.63, 3.8) is 0 Å². The molecule has 1 rings (SSSR count). The molecule has 1 fully saturated rings. The van der Waals surface area contributed by atoms with Crippen LogP contribution < -0.4 is 0 Å². The van der Waals surface area contributed by atoms with Gasteiger partial charge in [-0.1, -0.05) is 27.7 Å². The molecule has 0 aromatic heterocycles. The van der Waals surface area contributed by atoms with E-state index in [2.05, 4.69) is 27.7 Å². The van der Waals surface area contributed by atoms with E-state index in [9.17, 15) is 0 Å². The minimum atomic E-state index is -2.87. The van der Waals surface area contributed by atoms with Gasteiger partial charge in [0, 0.05) is 4.57 Å². The normalized spacial score (nSPS) is 30.6. The lowest BCUT2D eigenvalue weighted by Crippen LogP contribution is -2.20. The molecule has 0 saturated heterocycles. The Morgan fingerprint density at radius 2 is 1.38 bits per heavy atom. The van der Waals surface area contributed by atoms with Crippen molar-refractivity contribution in [1.82, 2.24) is 0 Å². The second-order valence-electron chi connectivity index (χ2n) is 4.45. The van der Waals surface area contributed by atoms with Crippen molar-refractivity contribution in [3.8, 4) is 0 Å². The largest absolute Gasteiger partial charge is 0.692 e. The van der Waals surface area contributed by atoms with Crippen molar-refractivity contribution in [2.75, 3.05) is 0 Å². The van der Waals surface area contributed by atoms with Crippen molar-refractivity contribution >= 4 is 8.25 Å². The zero-order valence-corrected chi connectivity index (χ0v) is 9.71. The molecule has 2 N–H and O–H groups in total. The van der Waals surface area contributed by atoms with Gasteiger partial charge in [0.1, 0.15) is 0 Å². The van der Waals surface area contributed by atoms with Gasteiger partial charge in [0.15, 0.2) is 0 Å². The predicted octanol–water partition coefficient (Wildman–Crippen LogP) is 2.71. The summed E-state index contributed by atoms with van der Waals surface area (Å²) in [5.74, 6) is 1.87. The van der Waals surface area contributed by atoms with Gasteiger partial charge < -0.3 is 0 Å². The van der Waals surface area contributed by atoms with E-state index in [0.717, 1.165) is 11.8 Å². The zero-order chi connectivity index (χ0) is 10.6. The highest BCUT2D eigenvalue weighted by atomic mass is 31.1. The van der Waals surface area contributed by atoms with Crippen molar-refractivity contribution < 1.29 is 14.4 Å². The first kappa shape index (κ1) is 13.0. The van der Waals surface area contributed by atoms with Crippen LogP contribution in [-0.4, -0.2) is 9.79 Å². The van der Waals surface area contributed by atoms with Crippen LogP contribution in [0.5, 0.6) is 0 Å². The zero-order valence-electron chi connectivity index (χ0n) is 8.82. The average Bonchev–Trinajstić information content (AvgIpc) is 2.15. The Balaban J connectivity index is 0.000000310. The lowest BCUT2D eigenvalue weighted by molar-refractivity contribution is 0.212. The fourth-order valence-electron chi connectivity index (χ4n) is 1.73. The Hall–Kier alpha value is 0.0200. The molecule has 1 aliphatic rings. The summed E-state index contributed by atoms with van der Waals surface area (Å²) in [7, 11) is -2.87. The van der Waals surface area contributed by atoms with Crippen molar-refractivity contribution in [3.05, 3.63) is 0 Å². The van der Waals surface area contributed by atoms with E-state index >= 15 is 0 Å². The lowest BCUT2D eigenvalue weighted by atomic mass is 9.77. The first-order valence-corrected chi connectivity index (χ1v) is 5.80. The van der Waals surface area contributed by atoms with Gasteiger partial charge in [0.2, 0.25) is 0 Å². The summed E-state index contributed by atoms with van der Waals surface area (Å²) < 4.78 is 8.70. The molecule has 2 atom stereocenters. The Morgan fingerprint density at radius 1 is 1.15 bits per heavy atom. The van der Waals surface area contributed by atoms with E-state index in [1.807, 2.05) is 0 Å². The third-order valence-electron chi connectivity index (χ3n) is 3.57. The SMILES string of the molecule is CC1CCC(C)C1(C)C.O=[P+](O)O. The van der Waals surface area contributed by atoms with Crippen LogP contribution in [0.25, 0.3) is 0 Å². The van der Waals surface area contributed by atoms with E-state index in [1.54, 1.807) is 0 Å². The number of hydrogen-bond donors (Lipinski definition) is 2. The standard InChI is InChI=1S/C9H18.HO3P/c1-7-5-6-8(2)9(7,3)4;1-4(2)3/h7-8H,5-6H2,1-4H3;(H-,1,2,3)/p+1. The average molecular weight is 207 g/mol. The maximum Gasteiger partial charge on any atom is 0.692 e. The summed E-state index contributed by atoms with van der Waals surface area (Å²) in [6.45, 7) is 9.55. The molecule has 0 aromatic rings. The molecule has 3 nitrogen and oxygen atoms in total. The van der Waals surface area contributed by atoms with Gasteiger partial charge in [-0.05, 0) is 30.1 Å². The summed E-state index contributed by atoms with van der Waals surface area (Å²) in [5, 5.41) is 0. The van der Waals surface area contributed by atoms with Gasteiger partial charge >= 0.3 is 8.25 Å². The molecule has 0 amide bonds. The molecule has 1 aliphatic carbocycles. The van der Waals surface area contributed by atoms with Gasteiger partial charge in [-0.2, -0.15) is 0 Å². The highest BCUT2D eigenvalue weighted by Crippen LogP contribution is 2.46. The van der Waals surface area contributed by atoms with Gasteiger partial charge in [-0.3, -0.25) is 0 Å². The van der Waals surface area contributed by atoms with Crippen LogP contribution in [0, 0.1) is 17.3 Å². The molecule has 2 unspecified atom stereocenters. The summed E-state index contributed by atoms with van der Waals surface area (Å²) in [4.78, 5) is 14.2. The Labute approximate surface area is 81.1 Å². The summed E-state index contributed by atoms with van der Waals surface area (Å²) >= 11 is 0. The van der Waals surface area contributed by atoms with E-state index in [-0.39, 0.29) is 0 Å². The molecule has 0 heterocycles. The second-order valence-corrected chi connectivity index (χ2v) is 4.96. The maximum atomic E-state index is 8.70. The fourth-order valence-corrected chi connectivity index (χ4v) is 1.73. The Bertz CT molecular complexity index is 164. The van der Waals surface area contributed by atoms with E-state index < -0.39 is 8.25 Å². The van der Waals surface area contributed by atoms with Crippen LogP contribution in [-0.2, 0) is 4.57 Å². The number of rotatable bonds is 0. The number of hydrogen-bond acceptors (Lipinski definition) is 1. The van der Waals surface area contributed by atoms with Crippen LogP contribution in [0.4, 0.5) is 0 Å². The molecule has 0 spiro atoms. The fraction of sp³-hybridized carbons (Fsp3) is 1.00. The first-order valence-electron chi connectivity index (χ1n) is 4.63. The van der Waals surface area contributed by atoms with Crippen LogP contribution >= 0.6 is 8.25 Å². The van der Waals surface area contributed by atoms with E-state index in [4.69, 9.17) is 14.4 Å². The Kier molecular flexibility index (Phi) is 5.05. The highest BCUT2D eigenvalue weighted by molar-refractivity contribution is 7.30. The van der Waals surface area contributed by atoms with E-state index in [1.165, 1.54) is 12.8 Å². The quantitative estimate of drug-likeness (QED) is 0.600. The van der Waals surface area contributed by atoms with Crippen molar-refractivity contribution in [2.24, 2.45) is 17.3 Å². The summed E-state index contributed by atoms with van der Waals surface area (Å²) in [6.07, 6.45) is 2.88. The molecule has 78 valence electrons. The van der Waals surface area contributed by atoms with E-state index in [0.29, 0.717) is 5.41 Å². The Morgan fingerprint density at radius 3 is 1.46 bits per heavy atom. The van der Waals surface area contributed by atoms with Crippen LogP contribution in [0.15, 0.2) is 0 Å². The molecular weight excluding hydrogens is 187 g/mol. The summed E-state index contributed by atoms with van der Waals surface area (Å²) in [5.41, 5.74) is 0.611. The second kappa shape index (κ2) is 5.04. The minimum absolute atomic E-state index is 0.611.